The second-order valence-electron chi connectivity index (χ2n) is 3.46. The molecule has 6 heteroatoms. The van der Waals surface area contributed by atoms with Crippen LogP contribution >= 0.6 is 11.3 Å². The minimum atomic E-state index is -0.654. The Morgan fingerprint density at radius 1 is 1.39 bits per heavy atom. The van der Waals surface area contributed by atoms with Gasteiger partial charge in [0.2, 0.25) is 0 Å². The number of methoxy groups -OCH3 is 1. The zero-order valence-electron chi connectivity index (χ0n) is 9.44. The third-order valence-electron chi connectivity index (χ3n) is 2.33. The number of carbonyl (C=O) groups is 1. The Kier molecular flexibility index (Phi) is 3.66. The van der Waals surface area contributed by atoms with Crippen molar-refractivity contribution in [2.24, 2.45) is 0 Å². The summed E-state index contributed by atoms with van der Waals surface area (Å²) in [6, 6.07) is 2.01. The maximum atomic E-state index is 13.7. The minimum Gasteiger partial charge on any atom is -0.494 e. The number of benzene rings is 1. The molecule has 0 aliphatic rings. The van der Waals surface area contributed by atoms with Crippen LogP contribution in [0.3, 0.4) is 0 Å². The second-order valence-corrected chi connectivity index (χ2v) is 4.41. The van der Waals surface area contributed by atoms with Crippen molar-refractivity contribution in [3.63, 3.8) is 0 Å². The number of halogens is 2. The van der Waals surface area contributed by atoms with Crippen molar-refractivity contribution in [1.82, 2.24) is 4.98 Å². The van der Waals surface area contributed by atoms with Gasteiger partial charge in [0.1, 0.15) is 17.1 Å². The number of hydrogen-bond acceptors (Lipinski definition) is 4. The predicted molar refractivity (Wildman–Crippen MR) is 63.8 cm³/mol. The van der Waals surface area contributed by atoms with E-state index in [2.05, 4.69) is 9.72 Å². The summed E-state index contributed by atoms with van der Waals surface area (Å²) >= 11 is 1.23. The number of aldehydes is 1. The highest BCUT2D eigenvalue weighted by Crippen LogP contribution is 2.29. The van der Waals surface area contributed by atoms with E-state index in [-0.39, 0.29) is 17.7 Å². The number of nitrogens with zero attached hydrogens (tertiary/aromatic N) is 1. The van der Waals surface area contributed by atoms with Gasteiger partial charge in [-0.1, -0.05) is 0 Å². The van der Waals surface area contributed by atoms with Crippen LogP contribution in [0.2, 0.25) is 0 Å². The molecule has 1 heterocycles. The minimum absolute atomic E-state index is 0.0571. The highest BCUT2D eigenvalue weighted by atomic mass is 32.1. The molecule has 0 N–H and O–H groups in total. The zero-order chi connectivity index (χ0) is 13.1. The van der Waals surface area contributed by atoms with Crippen LogP contribution in [0.25, 0.3) is 11.3 Å². The van der Waals surface area contributed by atoms with E-state index >= 15 is 0 Å². The zero-order valence-corrected chi connectivity index (χ0v) is 10.3. The largest absolute Gasteiger partial charge is 0.494 e. The molecule has 0 radical (unpaired) electrons. The molecule has 0 aliphatic carbocycles. The first-order valence-electron chi connectivity index (χ1n) is 5.07. The van der Waals surface area contributed by atoms with Gasteiger partial charge in [-0.3, -0.25) is 0 Å². The van der Waals surface area contributed by atoms with Crippen LogP contribution in [-0.2, 0) is 11.2 Å². The molecular formula is C12H9F2NO2S. The van der Waals surface area contributed by atoms with E-state index in [0.717, 1.165) is 12.1 Å². The number of ether oxygens (including phenoxy) is 1. The Hall–Kier alpha value is -1.82. The van der Waals surface area contributed by atoms with Gasteiger partial charge in [0.25, 0.3) is 0 Å². The molecule has 3 nitrogen and oxygen atoms in total. The first kappa shape index (κ1) is 12.6. The summed E-state index contributed by atoms with van der Waals surface area (Å²) in [6.45, 7) is 0. The van der Waals surface area contributed by atoms with Crippen molar-refractivity contribution in [3.05, 3.63) is 34.2 Å². The van der Waals surface area contributed by atoms with Crippen molar-refractivity contribution in [3.8, 4) is 17.0 Å². The maximum absolute atomic E-state index is 13.7. The van der Waals surface area contributed by atoms with Crippen LogP contribution in [0.15, 0.2) is 17.5 Å². The van der Waals surface area contributed by atoms with E-state index in [1.54, 1.807) is 5.38 Å². The van der Waals surface area contributed by atoms with Crippen molar-refractivity contribution >= 4 is 17.6 Å². The lowest BCUT2D eigenvalue weighted by molar-refractivity contribution is -0.107. The molecule has 0 amide bonds. The van der Waals surface area contributed by atoms with E-state index in [1.807, 2.05) is 0 Å². The van der Waals surface area contributed by atoms with Crippen LogP contribution in [-0.4, -0.2) is 18.4 Å². The molecule has 2 aromatic rings. The summed E-state index contributed by atoms with van der Waals surface area (Å²) in [5.41, 5.74) is 0.373. The highest BCUT2D eigenvalue weighted by Gasteiger charge is 2.14. The molecule has 0 aliphatic heterocycles. The molecule has 1 aromatic heterocycles. The molecule has 0 unspecified atom stereocenters. The summed E-state index contributed by atoms with van der Waals surface area (Å²) in [6.07, 6.45) is 0.887. The van der Waals surface area contributed by atoms with Crippen LogP contribution < -0.4 is 4.74 Å². The molecule has 0 fully saturated rings. The standard InChI is InChI=1S/C12H9F2NO2S/c1-17-11-5-8(13)7(4-9(11)14)10-6-18-12(15-10)2-3-16/h3-6H,2H2,1H3. The third kappa shape index (κ3) is 2.38. The molecule has 0 saturated heterocycles. The van der Waals surface area contributed by atoms with Crippen LogP contribution in [0.1, 0.15) is 5.01 Å². The fraction of sp³-hybridized carbons (Fsp3) is 0.167. The lowest BCUT2D eigenvalue weighted by Gasteiger charge is -2.05. The fourth-order valence-corrected chi connectivity index (χ4v) is 2.22. The first-order valence-corrected chi connectivity index (χ1v) is 5.95. The van der Waals surface area contributed by atoms with Gasteiger partial charge < -0.3 is 9.53 Å². The Labute approximate surface area is 106 Å². The Morgan fingerprint density at radius 3 is 2.83 bits per heavy atom. The number of aromatic nitrogens is 1. The highest BCUT2D eigenvalue weighted by molar-refractivity contribution is 7.10. The molecule has 0 bridgehead atoms. The van der Waals surface area contributed by atoms with Gasteiger partial charge in [-0.15, -0.1) is 11.3 Å². The SMILES string of the molecule is COc1cc(F)c(-c2csc(CC=O)n2)cc1F. The van der Waals surface area contributed by atoms with Crippen LogP contribution in [0.5, 0.6) is 5.75 Å². The maximum Gasteiger partial charge on any atom is 0.165 e. The van der Waals surface area contributed by atoms with Crippen molar-refractivity contribution < 1.29 is 18.3 Å². The fourth-order valence-electron chi connectivity index (χ4n) is 1.48. The van der Waals surface area contributed by atoms with E-state index in [9.17, 15) is 13.6 Å². The Morgan fingerprint density at radius 2 is 2.17 bits per heavy atom. The number of rotatable bonds is 4. The molecule has 1 aromatic carbocycles. The number of thiazole rings is 1. The normalized spacial score (nSPS) is 10.4. The Bertz CT molecular complexity index is 583. The van der Waals surface area contributed by atoms with Gasteiger partial charge in [0.05, 0.1) is 19.2 Å². The lowest BCUT2D eigenvalue weighted by Crippen LogP contribution is -1.93. The number of carbonyl (C=O) groups excluding carboxylic acids is 1. The van der Waals surface area contributed by atoms with Crippen LogP contribution in [0.4, 0.5) is 8.78 Å². The smallest absolute Gasteiger partial charge is 0.165 e. The molecule has 0 atom stereocenters. The molecule has 2 rings (SSSR count). The van der Waals surface area contributed by atoms with Crippen LogP contribution in [0, 0.1) is 11.6 Å². The molecule has 94 valence electrons. The van der Waals surface area contributed by atoms with Gasteiger partial charge >= 0.3 is 0 Å². The third-order valence-corrected chi connectivity index (χ3v) is 3.20. The first-order chi connectivity index (χ1) is 8.65. The molecular weight excluding hydrogens is 260 g/mol. The predicted octanol–water partition coefficient (Wildman–Crippen LogP) is 2.84. The quantitative estimate of drug-likeness (QED) is 0.801. The van der Waals surface area contributed by atoms with Gasteiger partial charge in [-0.05, 0) is 6.07 Å². The van der Waals surface area contributed by atoms with Gasteiger partial charge in [-0.25, -0.2) is 13.8 Å². The van der Waals surface area contributed by atoms with Gasteiger partial charge in [0, 0.05) is 17.0 Å². The molecule has 0 spiro atoms. The van der Waals surface area contributed by atoms with E-state index in [0.29, 0.717) is 17.0 Å². The van der Waals surface area contributed by atoms with Crippen molar-refractivity contribution in [2.45, 2.75) is 6.42 Å². The lowest BCUT2D eigenvalue weighted by atomic mass is 10.1. The van der Waals surface area contributed by atoms with Crippen molar-refractivity contribution in [2.75, 3.05) is 7.11 Å². The summed E-state index contributed by atoms with van der Waals surface area (Å²) < 4.78 is 31.9. The Balaban J connectivity index is 2.43. The van der Waals surface area contributed by atoms with Gasteiger partial charge in [-0.2, -0.15) is 0 Å². The van der Waals surface area contributed by atoms with E-state index < -0.39 is 11.6 Å². The number of hydrogen-bond donors (Lipinski definition) is 0. The second kappa shape index (κ2) is 5.22. The summed E-state index contributed by atoms with van der Waals surface area (Å²) in [4.78, 5) is 14.4. The monoisotopic (exact) mass is 269 g/mol. The average molecular weight is 269 g/mol. The van der Waals surface area contributed by atoms with E-state index in [4.69, 9.17) is 0 Å². The molecule has 0 saturated carbocycles. The topological polar surface area (TPSA) is 39.2 Å². The summed E-state index contributed by atoms with van der Waals surface area (Å²) in [5.74, 6) is -1.42. The summed E-state index contributed by atoms with van der Waals surface area (Å²) in [7, 11) is 1.27. The average Bonchev–Trinajstić information content (AvgIpc) is 2.80. The molecule has 18 heavy (non-hydrogen) atoms. The van der Waals surface area contributed by atoms with Crippen molar-refractivity contribution in [1.29, 1.82) is 0 Å². The summed E-state index contributed by atoms with van der Waals surface area (Å²) in [5, 5.41) is 2.15. The van der Waals surface area contributed by atoms with Gasteiger partial charge in [0.15, 0.2) is 11.6 Å². The van der Waals surface area contributed by atoms with E-state index in [1.165, 1.54) is 18.4 Å².